The van der Waals surface area contributed by atoms with Gasteiger partial charge in [0.25, 0.3) is 0 Å². The maximum atomic E-state index is 13.3. The van der Waals surface area contributed by atoms with Gasteiger partial charge in [-0.15, -0.1) is 10.2 Å². The molecule has 1 N–H and O–H groups in total. The van der Waals surface area contributed by atoms with Gasteiger partial charge >= 0.3 is 0 Å². The fourth-order valence-corrected chi connectivity index (χ4v) is 4.54. The van der Waals surface area contributed by atoms with Gasteiger partial charge in [0.05, 0.1) is 0 Å². The number of carbonyl (C=O) groups is 1. The first kappa shape index (κ1) is 22.0. The van der Waals surface area contributed by atoms with Crippen molar-refractivity contribution in [1.29, 1.82) is 0 Å². The van der Waals surface area contributed by atoms with Gasteiger partial charge in [0.2, 0.25) is 5.91 Å². The number of carbonyl (C=O) groups excluding carboxylic acids is 1. The van der Waals surface area contributed by atoms with Crippen molar-refractivity contribution in [2.45, 2.75) is 30.8 Å². The Morgan fingerprint density at radius 1 is 1.09 bits per heavy atom. The van der Waals surface area contributed by atoms with Crippen LogP contribution < -0.4 is 5.32 Å². The Balaban J connectivity index is 1.65. The number of nitrogens with zero attached hydrogens (tertiary/aromatic N) is 4. The van der Waals surface area contributed by atoms with Gasteiger partial charge in [-0.2, -0.15) is 0 Å². The third-order valence-electron chi connectivity index (χ3n) is 4.97. The van der Waals surface area contributed by atoms with E-state index in [1.165, 1.54) is 11.8 Å². The van der Waals surface area contributed by atoms with Crippen molar-refractivity contribution in [2.24, 2.45) is 0 Å². The number of hydrogen-bond donors (Lipinski definition) is 1. The summed E-state index contributed by atoms with van der Waals surface area (Å²) in [6.07, 6.45) is 3.45. The first-order chi connectivity index (χ1) is 15.6. The number of rotatable bonds is 7. The second-order valence-electron chi connectivity index (χ2n) is 7.15. The van der Waals surface area contributed by atoms with Crippen LogP contribution >= 0.6 is 23.4 Å². The molecule has 0 aliphatic heterocycles. The first-order valence-corrected chi connectivity index (χ1v) is 11.4. The van der Waals surface area contributed by atoms with Crippen LogP contribution in [-0.2, 0) is 11.3 Å². The minimum atomic E-state index is -0.518. The van der Waals surface area contributed by atoms with Crippen molar-refractivity contribution in [2.75, 3.05) is 5.32 Å². The molecule has 2 heterocycles. The molecule has 2 aromatic heterocycles. The van der Waals surface area contributed by atoms with E-state index in [1.54, 1.807) is 18.5 Å². The van der Waals surface area contributed by atoms with E-state index < -0.39 is 5.25 Å². The van der Waals surface area contributed by atoms with E-state index >= 15 is 0 Å². The third kappa shape index (κ3) is 4.84. The zero-order chi connectivity index (χ0) is 22.5. The summed E-state index contributed by atoms with van der Waals surface area (Å²) in [6, 6.07) is 18.9. The lowest BCUT2D eigenvalue weighted by atomic mass is 10.1. The minimum absolute atomic E-state index is 0.155. The van der Waals surface area contributed by atoms with Crippen LogP contribution in [0.15, 0.2) is 78.2 Å². The third-order valence-corrected chi connectivity index (χ3v) is 6.62. The number of anilines is 1. The summed E-state index contributed by atoms with van der Waals surface area (Å²) >= 11 is 7.61. The van der Waals surface area contributed by atoms with Gasteiger partial charge in [-0.3, -0.25) is 9.78 Å². The van der Waals surface area contributed by atoms with E-state index in [9.17, 15) is 4.79 Å². The molecule has 4 rings (SSSR count). The highest BCUT2D eigenvalue weighted by atomic mass is 35.5. The average Bonchev–Trinajstić information content (AvgIpc) is 3.23. The molecule has 0 aliphatic rings. The van der Waals surface area contributed by atoms with Gasteiger partial charge in [0.1, 0.15) is 5.25 Å². The van der Waals surface area contributed by atoms with Crippen molar-refractivity contribution in [1.82, 2.24) is 19.7 Å². The maximum absolute atomic E-state index is 13.3. The maximum Gasteiger partial charge on any atom is 0.242 e. The van der Waals surface area contributed by atoms with Gasteiger partial charge in [0, 0.05) is 35.2 Å². The second kappa shape index (κ2) is 9.97. The Morgan fingerprint density at radius 2 is 1.84 bits per heavy atom. The number of benzene rings is 2. The van der Waals surface area contributed by atoms with E-state index in [-0.39, 0.29) is 5.91 Å². The average molecular weight is 464 g/mol. The van der Waals surface area contributed by atoms with Crippen LogP contribution in [0.1, 0.15) is 23.3 Å². The van der Waals surface area contributed by atoms with E-state index in [4.69, 9.17) is 11.6 Å². The molecule has 0 saturated heterocycles. The first-order valence-electron chi connectivity index (χ1n) is 10.2. The summed E-state index contributed by atoms with van der Waals surface area (Å²) in [5, 5.41) is 12.5. The smallest absolute Gasteiger partial charge is 0.242 e. The molecule has 162 valence electrons. The van der Waals surface area contributed by atoms with Crippen LogP contribution in [-0.4, -0.2) is 25.7 Å². The zero-order valence-electron chi connectivity index (χ0n) is 17.7. The number of halogens is 1. The summed E-state index contributed by atoms with van der Waals surface area (Å²) in [5.41, 5.74) is 3.42. The molecular weight excluding hydrogens is 442 g/mol. The lowest BCUT2D eigenvalue weighted by Crippen LogP contribution is -2.19. The van der Waals surface area contributed by atoms with Crippen molar-refractivity contribution in [3.05, 3.63) is 89.2 Å². The van der Waals surface area contributed by atoms with Crippen LogP contribution in [0, 0.1) is 6.92 Å². The molecule has 32 heavy (non-hydrogen) atoms. The normalized spacial score (nSPS) is 11.8. The van der Waals surface area contributed by atoms with Crippen LogP contribution in [0.2, 0.25) is 5.02 Å². The lowest BCUT2D eigenvalue weighted by molar-refractivity contribution is -0.115. The van der Waals surface area contributed by atoms with Gasteiger partial charge in [-0.25, -0.2) is 0 Å². The standard InChI is InChI=1S/C24H22ClN5OS/c1-3-30-22(18-11-13-26-14-12-18)28-29-24(30)32-21(17-7-5-4-6-8-17)23(31)27-19-10-9-16(2)20(25)15-19/h4-15,21H,3H2,1-2H3,(H,27,31). The fraction of sp³-hybridized carbons (Fsp3) is 0.167. The van der Waals surface area contributed by atoms with Crippen LogP contribution in [0.25, 0.3) is 11.4 Å². The lowest BCUT2D eigenvalue weighted by Gasteiger charge is -2.17. The highest BCUT2D eigenvalue weighted by Gasteiger charge is 2.26. The van der Waals surface area contributed by atoms with Crippen LogP contribution in [0.5, 0.6) is 0 Å². The molecule has 6 nitrogen and oxygen atoms in total. The van der Waals surface area contributed by atoms with E-state index in [0.29, 0.717) is 22.4 Å². The molecule has 0 spiro atoms. The number of aryl methyl sites for hydroxylation is 1. The Labute approximate surface area is 196 Å². The van der Waals surface area contributed by atoms with Crippen LogP contribution in [0.3, 0.4) is 0 Å². The molecule has 1 amide bonds. The largest absolute Gasteiger partial charge is 0.325 e. The topological polar surface area (TPSA) is 72.7 Å². The van der Waals surface area contributed by atoms with Crippen LogP contribution in [0.4, 0.5) is 5.69 Å². The summed E-state index contributed by atoms with van der Waals surface area (Å²) < 4.78 is 2.01. The van der Waals surface area contributed by atoms with Crippen molar-refractivity contribution in [3.63, 3.8) is 0 Å². The number of thioether (sulfide) groups is 1. The summed E-state index contributed by atoms with van der Waals surface area (Å²) in [4.78, 5) is 17.4. The Morgan fingerprint density at radius 3 is 2.53 bits per heavy atom. The SMILES string of the molecule is CCn1c(SC(C(=O)Nc2ccc(C)c(Cl)c2)c2ccccc2)nnc1-c1ccncc1. The Hall–Kier alpha value is -3.16. The second-order valence-corrected chi connectivity index (χ2v) is 8.63. The van der Waals surface area contributed by atoms with Gasteiger partial charge < -0.3 is 9.88 Å². The monoisotopic (exact) mass is 463 g/mol. The number of hydrogen-bond acceptors (Lipinski definition) is 5. The molecule has 4 aromatic rings. The number of pyridine rings is 1. The summed E-state index contributed by atoms with van der Waals surface area (Å²) in [7, 11) is 0. The number of amides is 1. The molecular formula is C24H22ClN5OS. The number of aromatic nitrogens is 4. The van der Waals surface area contributed by atoms with Gasteiger partial charge in [-0.05, 0) is 49.2 Å². The highest BCUT2D eigenvalue weighted by molar-refractivity contribution is 8.00. The van der Waals surface area contributed by atoms with Crippen molar-refractivity contribution in [3.8, 4) is 11.4 Å². The number of nitrogens with one attached hydrogen (secondary N) is 1. The predicted molar refractivity (Wildman–Crippen MR) is 129 cm³/mol. The highest BCUT2D eigenvalue weighted by Crippen LogP contribution is 2.37. The summed E-state index contributed by atoms with van der Waals surface area (Å²) in [6.45, 7) is 4.63. The molecule has 1 atom stereocenters. The van der Waals surface area contributed by atoms with E-state index in [0.717, 1.165) is 22.5 Å². The molecule has 0 fully saturated rings. The molecule has 0 bridgehead atoms. The molecule has 2 aromatic carbocycles. The molecule has 0 aliphatic carbocycles. The van der Waals surface area contributed by atoms with Crippen molar-refractivity contribution >= 4 is 35.0 Å². The fourth-order valence-electron chi connectivity index (χ4n) is 3.26. The minimum Gasteiger partial charge on any atom is -0.325 e. The summed E-state index contributed by atoms with van der Waals surface area (Å²) in [5.74, 6) is 0.590. The van der Waals surface area contributed by atoms with E-state index in [2.05, 4.69) is 20.5 Å². The van der Waals surface area contributed by atoms with Crippen molar-refractivity contribution < 1.29 is 4.79 Å². The molecule has 0 radical (unpaired) electrons. The zero-order valence-corrected chi connectivity index (χ0v) is 19.3. The quantitative estimate of drug-likeness (QED) is 0.351. The van der Waals surface area contributed by atoms with Gasteiger partial charge in [0.15, 0.2) is 11.0 Å². The molecule has 1 unspecified atom stereocenters. The van der Waals surface area contributed by atoms with E-state index in [1.807, 2.05) is 73.0 Å². The Kier molecular flexibility index (Phi) is 6.87. The van der Waals surface area contributed by atoms with Gasteiger partial charge in [-0.1, -0.05) is 59.8 Å². The predicted octanol–water partition coefficient (Wildman–Crippen LogP) is 5.79. The molecule has 0 saturated carbocycles. The Bertz CT molecular complexity index is 1210. The molecule has 8 heteroatoms.